The van der Waals surface area contributed by atoms with E-state index in [4.69, 9.17) is 9.47 Å². The number of rotatable bonds is 11. The number of methoxy groups -OCH3 is 3. The largest absolute Gasteiger partial charge is 0.469 e. The van der Waals surface area contributed by atoms with Crippen molar-refractivity contribution in [3.63, 3.8) is 0 Å². The molecular weight excluding hydrogens is 482 g/mol. The van der Waals surface area contributed by atoms with E-state index in [2.05, 4.69) is 30.7 Å². The Morgan fingerprint density at radius 2 is 1.63 bits per heavy atom. The molecule has 0 aliphatic carbocycles. The molecule has 9 nitrogen and oxygen atoms in total. The Bertz CT molecular complexity index is 728. The summed E-state index contributed by atoms with van der Waals surface area (Å²) in [6, 6.07) is 6.71. The van der Waals surface area contributed by atoms with Crippen molar-refractivity contribution in [3.05, 3.63) is 34.3 Å². The average Bonchev–Trinajstić information content (AvgIpc) is 2.75. The molecule has 0 aliphatic rings. The van der Waals surface area contributed by atoms with Crippen LogP contribution in [0, 0.1) is 0 Å². The molecule has 0 fully saturated rings. The van der Waals surface area contributed by atoms with Crippen LogP contribution in [0.5, 0.6) is 0 Å². The van der Waals surface area contributed by atoms with Crippen molar-refractivity contribution in [2.24, 2.45) is 0 Å². The van der Waals surface area contributed by atoms with Crippen LogP contribution in [0.3, 0.4) is 0 Å². The molecule has 30 heavy (non-hydrogen) atoms. The second-order valence-electron chi connectivity index (χ2n) is 5.89. The Balaban J connectivity index is 2.64. The number of hydrogen-bond acceptors (Lipinski definition) is 9. The summed E-state index contributed by atoms with van der Waals surface area (Å²) in [7, 11) is 3.54. The Labute approximate surface area is 187 Å². The van der Waals surface area contributed by atoms with Crippen molar-refractivity contribution in [2.75, 3.05) is 27.1 Å². The third kappa shape index (κ3) is 9.49. The smallest absolute Gasteiger partial charge is 0.408 e. The summed E-state index contributed by atoms with van der Waals surface area (Å²) >= 11 is 4.78. The van der Waals surface area contributed by atoms with Crippen LogP contribution < -0.4 is 5.32 Å². The number of esters is 3. The van der Waals surface area contributed by atoms with Gasteiger partial charge in [-0.25, -0.2) is 14.4 Å². The minimum Gasteiger partial charge on any atom is -0.469 e. The summed E-state index contributed by atoms with van der Waals surface area (Å²) in [5.74, 6) is -1.21. The lowest BCUT2D eigenvalue weighted by atomic mass is 10.2. The molecule has 0 saturated carbocycles. The lowest BCUT2D eigenvalue weighted by Crippen LogP contribution is -2.45. The van der Waals surface area contributed by atoms with Gasteiger partial charge in [0.2, 0.25) is 6.10 Å². The summed E-state index contributed by atoms with van der Waals surface area (Å²) in [6.45, 7) is 0. The van der Waals surface area contributed by atoms with Gasteiger partial charge in [0.25, 0.3) is 0 Å². The first kappa shape index (κ1) is 25.8. The molecule has 0 unspecified atom stereocenters. The van der Waals surface area contributed by atoms with Crippen LogP contribution in [0.2, 0.25) is 0 Å². The van der Waals surface area contributed by atoms with Crippen LogP contribution in [-0.2, 0) is 39.1 Å². The average molecular weight is 506 g/mol. The number of benzene rings is 1. The molecule has 0 saturated heterocycles. The molecule has 0 aliphatic heterocycles. The molecular formula is C19H24BrNO8S. The topological polar surface area (TPSA) is 117 Å². The third-order valence-electron chi connectivity index (χ3n) is 3.80. The fourth-order valence-electron chi connectivity index (χ4n) is 2.20. The zero-order chi connectivity index (χ0) is 22.5. The van der Waals surface area contributed by atoms with Gasteiger partial charge in [-0.3, -0.25) is 4.79 Å². The summed E-state index contributed by atoms with van der Waals surface area (Å²) in [5, 5.41) is 2.39. The van der Waals surface area contributed by atoms with E-state index in [1.165, 1.54) is 26.0 Å². The molecule has 166 valence electrons. The molecule has 1 rings (SSSR count). The van der Waals surface area contributed by atoms with E-state index in [-0.39, 0.29) is 18.6 Å². The number of carbonyl (C=O) groups is 4. The number of hydrogen-bond donors (Lipinski definition) is 1. The lowest BCUT2D eigenvalue weighted by molar-refractivity contribution is -0.152. The summed E-state index contributed by atoms with van der Waals surface area (Å²) < 4.78 is 19.8. The lowest BCUT2D eigenvalue weighted by Gasteiger charge is -2.19. The highest BCUT2D eigenvalue weighted by Gasteiger charge is 2.28. The number of alkyl carbamates (subject to hydrolysis) is 1. The molecule has 1 aromatic rings. The van der Waals surface area contributed by atoms with Gasteiger partial charge in [-0.05, 0) is 17.7 Å². The van der Waals surface area contributed by atoms with Gasteiger partial charge in [-0.2, -0.15) is 11.8 Å². The molecule has 1 N–H and O–H groups in total. The van der Waals surface area contributed by atoms with E-state index in [1.54, 1.807) is 0 Å². The molecule has 2 atom stereocenters. The first-order valence-electron chi connectivity index (χ1n) is 8.82. The highest BCUT2D eigenvalue weighted by molar-refractivity contribution is 9.10. The van der Waals surface area contributed by atoms with E-state index in [0.29, 0.717) is 5.75 Å². The van der Waals surface area contributed by atoms with Gasteiger partial charge in [-0.1, -0.05) is 28.1 Å². The van der Waals surface area contributed by atoms with E-state index >= 15 is 0 Å². The van der Waals surface area contributed by atoms with Crippen LogP contribution >= 0.6 is 27.7 Å². The van der Waals surface area contributed by atoms with Crippen molar-refractivity contribution in [2.45, 2.75) is 30.7 Å². The molecule has 11 heteroatoms. The van der Waals surface area contributed by atoms with Crippen molar-refractivity contribution in [3.8, 4) is 0 Å². The van der Waals surface area contributed by atoms with Crippen molar-refractivity contribution < 1.29 is 38.1 Å². The molecule has 0 radical (unpaired) electrons. The van der Waals surface area contributed by atoms with Crippen molar-refractivity contribution >= 4 is 51.7 Å². The predicted octanol–water partition coefficient (Wildman–Crippen LogP) is 2.44. The summed E-state index contributed by atoms with van der Waals surface area (Å²) in [4.78, 5) is 47.3. The third-order valence-corrected chi connectivity index (χ3v) is 5.43. The molecule has 1 aromatic carbocycles. The van der Waals surface area contributed by atoms with Crippen LogP contribution in [-0.4, -0.2) is 63.2 Å². The Kier molecular flexibility index (Phi) is 11.9. The van der Waals surface area contributed by atoms with Crippen LogP contribution in [0.25, 0.3) is 0 Å². The van der Waals surface area contributed by atoms with Gasteiger partial charge in [0.15, 0.2) is 0 Å². The number of amides is 1. The van der Waals surface area contributed by atoms with Gasteiger partial charge in [-0.15, -0.1) is 0 Å². The Morgan fingerprint density at radius 1 is 1.00 bits per heavy atom. The minimum atomic E-state index is -1.32. The Morgan fingerprint density at radius 3 is 2.20 bits per heavy atom. The van der Waals surface area contributed by atoms with Crippen molar-refractivity contribution in [1.82, 2.24) is 5.32 Å². The molecule has 0 bridgehead atoms. The van der Waals surface area contributed by atoms with Gasteiger partial charge in [0.1, 0.15) is 6.04 Å². The van der Waals surface area contributed by atoms with E-state index in [0.717, 1.165) is 17.1 Å². The van der Waals surface area contributed by atoms with E-state index in [1.807, 2.05) is 24.3 Å². The number of ether oxygens (including phenoxy) is 4. The van der Waals surface area contributed by atoms with E-state index in [9.17, 15) is 19.2 Å². The first-order chi connectivity index (χ1) is 14.3. The highest BCUT2D eigenvalue weighted by Crippen LogP contribution is 2.17. The second kappa shape index (κ2) is 13.9. The second-order valence-corrected chi connectivity index (χ2v) is 7.84. The maximum absolute atomic E-state index is 12.2. The monoisotopic (exact) mass is 505 g/mol. The molecule has 0 spiro atoms. The summed E-state index contributed by atoms with van der Waals surface area (Å²) in [5.41, 5.74) is 1.04. The van der Waals surface area contributed by atoms with Crippen molar-refractivity contribution in [1.29, 1.82) is 0 Å². The summed E-state index contributed by atoms with van der Waals surface area (Å²) in [6.07, 6.45) is -2.58. The highest BCUT2D eigenvalue weighted by atomic mass is 79.9. The minimum absolute atomic E-state index is 0.117. The Hall–Kier alpha value is -2.27. The maximum atomic E-state index is 12.2. The van der Waals surface area contributed by atoms with Gasteiger partial charge < -0.3 is 24.3 Å². The van der Waals surface area contributed by atoms with Crippen LogP contribution in [0.4, 0.5) is 4.79 Å². The zero-order valence-electron chi connectivity index (χ0n) is 16.8. The molecule has 1 amide bonds. The van der Waals surface area contributed by atoms with E-state index < -0.39 is 36.1 Å². The SMILES string of the molecule is COC(=O)CC[C@H](OC(=O)N[C@@H](CSCc1ccc(Br)cc1)C(=O)OC)C(=O)OC. The number of thioether (sulfide) groups is 1. The maximum Gasteiger partial charge on any atom is 0.408 e. The molecule has 0 heterocycles. The number of carbonyl (C=O) groups excluding carboxylic acids is 4. The van der Waals surface area contributed by atoms with Crippen LogP contribution in [0.1, 0.15) is 18.4 Å². The molecule has 0 aromatic heterocycles. The predicted molar refractivity (Wildman–Crippen MR) is 113 cm³/mol. The normalized spacial score (nSPS) is 12.3. The van der Waals surface area contributed by atoms with Gasteiger partial charge in [0.05, 0.1) is 21.3 Å². The number of nitrogens with one attached hydrogen (secondary N) is 1. The van der Waals surface area contributed by atoms with Gasteiger partial charge in [0, 0.05) is 28.8 Å². The van der Waals surface area contributed by atoms with Crippen LogP contribution in [0.15, 0.2) is 28.7 Å². The first-order valence-corrected chi connectivity index (χ1v) is 10.8. The van der Waals surface area contributed by atoms with Gasteiger partial charge >= 0.3 is 24.0 Å². The quantitative estimate of drug-likeness (QED) is 0.357. The number of halogens is 1. The standard InChI is InChI=1S/C19H24BrNO8S/c1-26-16(22)9-8-15(18(24)28-3)29-19(25)21-14(17(23)27-2)11-30-10-12-4-6-13(20)7-5-12/h4-7,14-15H,8-11H2,1-3H3,(H,21,25)/t14-,15-/m0/s1. The fraction of sp³-hybridized carbons (Fsp3) is 0.474. The zero-order valence-corrected chi connectivity index (χ0v) is 19.2. The fourth-order valence-corrected chi connectivity index (χ4v) is 3.46.